The van der Waals surface area contributed by atoms with Gasteiger partial charge in [0.25, 0.3) is 0 Å². The number of H-pyrrole nitrogens is 1. The van der Waals surface area contributed by atoms with Crippen LogP contribution in [0.2, 0.25) is 0 Å². The van der Waals surface area contributed by atoms with Gasteiger partial charge in [-0.2, -0.15) is 0 Å². The number of amides is 1. The number of hydrogen-bond acceptors (Lipinski definition) is 5. The zero-order chi connectivity index (χ0) is 14.9. The van der Waals surface area contributed by atoms with Crippen molar-refractivity contribution in [1.29, 1.82) is 0 Å². The summed E-state index contributed by atoms with van der Waals surface area (Å²) in [5.74, 6) is 0.486. The SMILES string of the molecule is NC1(C(=O)NCc2nc3ncc(Br)cc3[nH]2)CCOCC1. The molecule has 0 spiro atoms. The highest BCUT2D eigenvalue weighted by Gasteiger charge is 2.35. The minimum Gasteiger partial charge on any atom is -0.381 e. The number of carbonyl (C=O) groups is 1. The van der Waals surface area contributed by atoms with E-state index in [0.29, 0.717) is 44.1 Å². The van der Waals surface area contributed by atoms with Gasteiger partial charge in [-0.25, -0.2) is 9.97 Å². The molecule has 7 nitrogen and oxygen atoms in total. The first kappa shape index (κ1) is 14.4. The third-order valence-corrected chi connectivity index (χ3v) is 4.04. The maximum atomic E-state index is 12.2. The van der Waals surface area contributed by atoms with Crippen molar-refractivity contribution in [2.75, 3.05) is 13.2 Å². The third-order valence-electron chi connectivity index (χ3n) is 3.61. The molecule has 0 aromatic carbocycles. The molecule has 1 aliphatic rings. The first-order chi connectivity index (χ1) is 10.1. The van der Waals surface area contributed by atoms with Gasteiger partial charge >= 0.3 is 0 Å². The Balaban J connectivity index is 1.67. The quantitative estimate of drug-likeness (QED) is 0.758. The van der Waals surface area contributed by atoms with Gasteiger partial charge in [0.05, 0.1) is 17.6 Å². The molecule has 0 bridgehead atoms. The van der Waals surface area contributed by atoms with Crippen LogP contribution in [0.15, 0.2) is 16.7 Å². The Hall–Kier alpha value is -1.51. The molecule has 0 saturated carbocycles. The fourth-order valence-electron chi connectivity index (χ4n) is 2.31. The van der Waals surface area contributed by atoms with Crippen molar-refractivity contribution in [2.24, 2.45) is 5.73 Å². The molecule has 0 atom stereocenters. The Morgan fingerprint density at radius 1 is 1.52 bits per heavy atom. The van der Waals surface area contributed by atoms with Crippen LogP contribution >= 0.6 is 15.9 Å². The van der Waals surface area contributed by atoms with Crippen molar-refractivity contribution in [2.45, 2.75) is 24.9 Å². The van der Waals surface area contributed by atoms with Crippen LogP contribution in [0.5, 0.6) is 0 Å². The predicted octanol–water partition coefficient (Wildman–Crippen LogP) is 0.844. The van der Waals surface area contributed by atoms with E-state index in [4.69, 9.17) is 10.5 Å². The van der Waals surface area contributed by atoms with Gasteiger partial charge in [-0.1, -0.05) is 0 Å². The largest absolute Gasteiger partial charge is 0.381 e. The number of halogens is 1. The monoisotopic (exact) mass is 353 g/mol. The zero-order valence-corrected chi connectivity index (χ0v) is 12.9. The maximum absolute atomic E-state index is 12.2. The molecule has 112 valence electrons. The van der Waals surface area contributed by atoms with Gasteiger partial charge in [0.1, 0.15) is 5.82 Å². The number of fused-ring (bicyclic) bond motifs is 1. The number of nitrogens with one attached hydrogen (secondary N) is 2. The lowest BCUT2D eigenvalue weighted by atomic mass is 9.90. The number of rotatable bonds is 3. The molecule has 0 unspecified atom stereocenters. The van der Waals surface area contributed by atoms with Crippen molar-refractivity contribution >= 4 is 33.0 Å². The van der Waals surface area contributed by atoms with Crippen molar-refractivity contribution in [3.63, 3.8) is 0 Å². The number of nitrogens with two attached hydrogens (primary N) is 1. The topological polar surface area (TPSA) is 106 Å². The standard InChI is InChI=1S/C13H16BrN5O2/c14-8-5-9-11(16-6-8)19-10(18-9)7-17-12(20)13(15)1-3-21-4-2-13/h5-6H,1-4,7,15H2,(H,17,20)(H,16,18,19). The van der Waals surface area contributed by atoms with E-state index >= 15 is 0 Å². The van der Waals surface area contributed by atoms with Gasteiger partial charge in [-0.3, -0.25) is 4.79 Å². The van der Waals surface area contributed by atoms with Gasteiger partial charge in [-0.05, 0) is 34.8 Å². The lowest BCUT2D eigenvalue weighted by molar-refractivity contribution is -0.129. The molecule has 1 fully saturated rings. The molecule has 1 amide bonds. The van der Waals surface area contributed by atoms with Gasteiger partial charge < -0.3 is 20.8 Å². The summed E-state index contributed by atoms with van der Waals surface area (Å²) in [4.78, 5) is 23.8. The summed E-state index contributed by atoms with van der Waals surface area (Å²) < 4.78 is 6.11. The van der Waals surface area contributed by atoms with E-state index in [1.807, 2.05) is 6.07 Å². The van der Waals surface area contributed by atoms with Gasteiger partial charge in [0.2, 0.25) is 5.91 Å². The van der Waals surface area contributed by atoms with Crippen molar-refractivity contribution in [3.8, 4) is 0 Å². The average Bonchev–Trinajstić information content (AvgIpc) is 2.87. The molecule has 21 heavy (non-hydrogen) atoms. The van der Waals surface area contributed by atoms with E-state index in [1.54, 1.807) is 6.20 Å². The summed E-state index contributed by atoms with van der Waals surface area (Å²) in [6, 6.07) is 1.89. The molecule has 3 heterocycles. The number of ether oxygens (including phenoxy) is 1. The van der Waals surface area contributed by atoms with Gasteiger partial charge in [-0.15, -0.1) is 0 Å². The summed E-state index contributed by atoms with van der Waals surface area (Å²) in [6.07, 6.45) is 2.75. The Bertz CT molecular complexity index is 666. The van der Waals surface area contributed by atoms with E-state index < -0.39 is 5.54 Å². The van der Waals surface area contributed by atoms with Crippen LogP contribution in [-0.4, -0.2) is 39.6 Å². The van der Waals surface area contributed by atoms with Crippen molar-refractivity contribution in [3.05, 3.63) is 22.6 Å². The van der Waals surface area contributed by atoms with Crippen molar-refractivity contribution < 1.29 is 9.53 Å². The van der Waals surface area contributed by atoms with E-state index in [0.717, 1.165) is 9.99 Å². The fraction of sp³-hybridized carbons (Fsp3) is 0.462. The molecule has 3 rings (SSSR count). The molecule has 0 aliphatic carbocycles. The molecule has 1 saturated heterocycles. The summed E-state index contributed by atoms with van der Waals surface area (Å²) in [5, 5.41) is 2.83. The van der Waals surface area contributed by atoms with Crippen LogP contribution in [-0.2, 0) is 16.1 Å². The summed E-state index contributed by atoms with van der Waals surface area (Å²) in [6.45, 7) is 1.34. The smallest absolute Gasteiger partial charge is 0.240 e. The van der Waals surface area contributed by atoms with Crippen molar-refractivity contribution in [1.82, 2.24) is 20.3 Å². The summed E-state index contributed by atoms with van der Waals surface area (Å²) >= 11 is 3.35. The molecular formula is C13H16BrN5O2. The molecular weight excluding hydrogens is 338 g/mol. The minimum atomic E-state index is -0.842. The van der Waals surface area contributed by atoms with E-state index in [1.165, 1.54) is 0 Å². The van der Waals surface area contributed by atoms with Gasteiger partial charge in [0, 0.05) is 23.9 Å². The highest BCUT2D eigenvalue weighted by atomic mass is 79.9. The van der Waals surface area contributed by atoms with E-state index in [9.17, 15) is 4.79 Å². The second-order valence-electron chi connectivity index (χ2n) is 5.16. The highest BCUT2D eigenvalue weighted by molar-refractivity contribution is 9.10. The molecule has 4 N–H and O–H groups in total. The Kier molecular flexibility index (Phi) is 3.92. The van der Waals surface area contributed by atoms with Crippen LogP contribution in [0, 0.1) is 0 Å². The Morgan fingerprint density at radius 3 is 3.05 bits per heavy atom. The number of hydrogen-bond donors (Lipinski definition) is 3. The lowest BCUT2D eigenvalue weighted by Gasteiger charge is -2.31. The van der Waals surface area contributed by atoms with Crippen LogP contribution in [0.1, 0.15) is 18.7 Å². The van der Waals surface area contributed by atoms with Crippen LogP contribution in [0.3, 0.4) is 0 Å². The molecule has 0 radical (unpaired) electrons. The predicted molar refractivity (Wildman–Crippen MR) is 80.4 cm³/mol. The van der Waals surface area contributed by atoms with Gasteiger partial charge in [0.15, 0.2) is 5.65 Å². The maximum Gasteiger partial charge on any atom is 0.240 e. The molecule has 2 aromatic rings. The lowest BCUT2D eigenvalue weighted by Crippen LogP contribution is -2.56. The fourth-order valence-corrected chi connectivity index (χ4v) is 2.64. The zero-order valence-electron chi connectivity index (χ0n) is 11.4. The summed E-state index contributed by atoms with van der Waals surface area (Å²) in [5.41, 5.74) is 6.72. The second-order valence-corrected chi connectivity index (χ2v) is 6.08. The normalized spacial score (nSPS) is 17.8. The average molecular weight is 354 g/mol. The van der Waals surface area contributed by atoms with Crippen LogP contribution < -0.4 is 11.1 Å². The highest BCUT2D eigenvalue weighted by Crippen LogP contribution is 2.18. The Morgan fingerprint density at radius 2 is 2.29 bits per heavy atom. The molecule has 1 aliphatic heterocycles. The number of pyridine rings is 1. The van der Waals surface area contributed by atoms with Crippen LogP contribution in [0.4, 0.5) is 0 Å². The number of carbonyl (C=O) groups excluding carboxylic acids is 1. The first-order valence-electron chi connectivity index (χ1n) is 6.72. The number of nitrogens with zero attached hydrogens (tertiary/aromatic N) is 2. The Labute approximate surface area is 129 Å². The summed E-state index contributed by atoms with van der Waals surface area (Å²) in [7, 11) is 0. The van der Waals surface area contributed by atoms with Crippen LogP contribution in [0.25, 0.3) is 11.2 Å². The second kappa shape index (κ2) is 5.70. The van der Waals surface area contributed by atoms with E-state index in [2.05, 4.69) is 36.2 Å². The number of aromatic amines is 1. The number of imidazole rings is 1. The van der Waals surface area contributed by atoms with E-state index in [-0.39, 0.29) is 5.91 Å². The molecule has 2 aromatic heterocycles. The first-order valence-corrected chi connectivity index (χ1v) is 7.51. The molecule has 8 heteroatoms. The third kappa shape index (κ3) is 3.07. The number of aromatic nitrogens is 3. The minimum absolute atomic E-state index is 0.166.